The first-order valence-corrected chi connectivity index (χ1v) is 6.44. The molecule has 1 atom stereocenters. The highest BCUT2D eigenvalue weighted by Crippen LogP contribution is 2.09. The average Bonchev–Trinajstić information content (AvgIpc) is 2.47. The third kappa shape index (κ3) is 3.08. The van der Waals surface area contributed by atoms with Gasteiger partial charge < -0.3 is 15.5 Å². The number of pyridine rings is 1. The van der Waals surface area contributed by atoms with E-state index in [4.69, 9.17) is 0 Å². The van der Waals surface area contributed by atoms with E-state index in [0.29, 0.717) is 31.9 Å². The van der Waals surface area contributed by atoms with E-state index in [9.17, 15) is 9.59 Å². The molecule has 2 heterocycles. The van der Waals surface area contributed by atoms with Gasteiger partial charge in [-0.3, -0.25) is 14.6 Å². The van der Waals surface area contributed by atoms with Crippen LogP contribution in [0.3, 0.4) is 0 Å². The van der Waals surface area contributed by atoms with Gasteiger partial charge in [0.1, 0.15) is 11.7 Å². The van der Waals surface area contributed by atoms with Crippen LogP contribution in [0.2, 0.25) is 0 Å². The lowest BCUT2D eigenvalue weighted by atomic mass is 10.1. The molecular formula is C13H18N4O2. The summed E-state index contributed by atoms with van der Waals surface area (Å²) in [6, 6.07) is 4.72. The van der Waals surface area contributed by atoms with Crippen LogP contribution in [0.1, 0.15) is 17.4 Å². The lowest BCUT2D eigenvalue weighted by molar-refractivity contribution is -0.126. The Morgan fingerprint density at radius 3 is 3.05 bits per heavy atom. The van der Waals surface area contributed by atoms with E-state index in [-0.39, 0.29) is 11.8 Å². The van der Waals surface area contributed by atoms with Crippen molar-refractivity contribution in [3.8, 4) is 0 Å². The Balaban J connectivity index is 2.15. The Hall–Kier alpha value is -1.95. The fourth-order valence-electron chi connectivity index (χ4n) is 2.11. The molecule has 102 valence electrons. The first-order chi connectivity index (χ1) is 9.24. The highest BCUT2D eigenvalue weighted by molar-refractivity contribution is 5.96. The molecule has 0 bridgehead atoms. The number of piperazine rings is 1. The summed E-state index contributed by atoms with van der Waals surface area (Å²) in [6.45, 7) is 4.09. The number of likely N-dealkylation sites (N-methyl/N-ethyl adjacent to an activating group) is 1. The van der Waals surface area contributed by atoms with Crippen molar-refractivity contribution < 1.29 is 9.59 Å². The first kappa shape index (κ1) is 13.5. The molecule has 1 saturated heterocycles. The predicted octanol–water partition coefficient (Wildman–Crippen LogP) is -0.368. The van der Waals surface area contributed by atoms with Gasteiger partial charge in [0.2, 0.25) is 5.91 Å². The molecule has 1 aromatic heterocycles. The maximum absolute atomic E-state index is 12.4. The highest BCUT2D eigenvalue weighted by Gasteiger charge is 2.32. The molecule has 0 spiro atoms. The lowest BCUT2D eigenvalue weighted by Crippen LogP contribution is -2.59. The number of rotatable bonds is 3. The fraction of sp³-hybridized carbons (Fsp3) is 0.462. The zero-order valence-corrected chi connectivity index (χ0v) is 10.9. The van der Waals surface area contributed by atoms with Crippen LogP contribution < -0.4 is 10.6 Å². The van der Waals surface area contributed by atoms with Crippen molar-refractivity contribution in [1.82, 2.24) is 20.5 Å². The number of aromatic nitrogens is 1. The molecule has 1 aliphatic rings. The summed E-state index contributed by atoms with van der Waals surface area (Å²) in [4.78, 5) is 30.0. The van der Waals surface area contributed by atoms with Gasteiger partial charge in [0, 0.05) is 32.4 Å². The van der Waals surface area contributed by atoms with Crippen LogP contribution in [0.5, 0.6) is 0 Å². The van der Waals surface area contributed by atoms with Crippen molar-refractivity contribution in [3.05, 3.63) is 30.1 Å². The monoisotopic (exact) mass is 262 g/mol. The van der Waals surface area contributed by atoms with Crippen molar-refractivity contribution in [3.63, 3.8) is 0 Å². The third-order valence-electron chi connectivity index (χ3n) is 3.04. The first-order valence-electron chi connectivity index (χ1n) is 6.44. The van der Waals surface area contributed by atoms with E-state index in [1.54, 1.807) is 29.3 Å². The van der Waals surface area contributed by atoms with E-state index in [1.165, 1.54) is 0 Å². The van der Waals surface area contributed by atoms with E-state index in [2.05, 4.69) is 15.6 Å². The van der Waals surface area contributed by atoms with Gasteiger partial charge in [-0.1, -0.05) is 6.07 Å². The summed E-state index contributed by atoms with van der Waals surface area (Å²) in [5.74, 6) is -0.322. The standard InChI is InChI=1S/C13H18N4O2/c1-2-15-12(18)11-9-14-7-8-17(11)13(19)10-5-3-4-6-16-10/h3-6,11,14H,2,7-9H2,1H3,(H,15,18). The fourth-order valence-corrected chi connectivity index (χ4v) is 2.11. The zero-order chi connectivity index (χ0) is 13.7. The van der Waals surface area contributed by atoms with Gasteiger partial charge in [-0.25, -0.2) is 0 Å². The Morgan fingerprint density at radius 2 is 2.37 bits per heavy atom. The molecule has 1 aromatic rings. The average molecular weight is 262 g/mol. The minimum atomic E-state index is -0.469. The number of carbonyl (C=O) groups excluding carboxylic acids is 2. The van der Waals surface area contributed by atoms with Gasteiger partial charge in [-0.2, -0.15) is 0 Å². The van der Waals surface area contributed by atoms with Crippen LogP contribution in [-0.2, 0) is 4.79 Å². The third-order valence-corrected chi connectivity index (χ3v) is 3.04. The molecule has 0 saturated carbocycles. The molecule has 6 heteroatoms. The molecule has 0 aliphatic carbocycles. The van der Waals surface area contributed by atoms with Crippen molar-refractivity contribution >= 4 is 11.8 Å². The van der Waals surface area contributed by atoms with Crippen molar-refractivity contribution in [2.24, 2.45) is 0 Å². The number of nitrogens with zero attached hydrogens (tertiary/aromatic N) is 2. The van der Waals surface area contributed by atoms with Crippen molar-refractivity contribution in [2.75, 3.05) is 26.2 Å². The van der Waals surface area contributed by atoms with E-state index < -0.39 is 6.04 Å². The number of carbonyl (C=O) groups is 2. The van der Waals surface area contributed by atoms with Crippen LogP contribution in [0, 0.1) is 0 Å². The number of amides is 2. The van der Waals surface area contributed by atoms with Crippen molar-refractivity contribution in [1.29, 1.82) is 0 Å². The summed E-state index contributed by atoms with van der Waals surface area (Å²) in [7, 11) is 0. The maximum Gasteiger partial charge on any atom is 0.273 e. The summed E-state index contributed by atoms with van der Waals surface area (Å²) in [5, 5.41) is 5.89. The van der Waals surface area contributed by atoms with Gasteiger partial charge in [0.15, 0.2) is 0 Å². The van der Waals surface area contributed by atoms with Crippen LogP contribution in [0.15, 0.2) is 24.4 Å². The minimum absolute atomic E-state index is 0.126. The zero-order valence-electron chi connectivity index (χ0n) is 10.9. The molecule has 1 aliphatic heterocycles. The largest absolute Gasteiger partial charge is 0.355 e. The molecule has 19 heavy (non-hydrogen) atoms. The predicted molar refractivity (Wildman–Crippen MR) is 70.6 cm³/mol. The van der Waals surface area contributed by atoms with Gasteiger partial charge >= 0.3 is 0 Å². The summed E-state index contributed by atoms with van der Waals surface area (Å²) < 4.78 is 0. The van der Waals surface area contributed by atoms with Gasteiger partial charge in [-0.15, -0.1) is 0 Å². The molecule has 1 fully saturated rings. The van der Waals surface area contributed by atoms with Crippen LogP contribution in [0.25, 0.3) is 0 Å². The van der Waals surface area contributed by atoms with Gasteiger partial charge in [0.25, 0.3) is 5.91 Å². The number of hydrogen-bond donors (Lipinski definition) is 2. The van der Waals surface area contributed by atoms with Crippen LogP contribution >= 0.6 is 0 Å². The molecular weight excluding hydrogens is 244 g/mol. The molecule has 6 nitrogen and oxygen atoms in total. The topological polar surface area (TPSA) is 74.3 Å². The van der Waals surface area contributed by atoms with Crippen LogP contribution in [0.4, 0.5) is 0 Å². The Kier molecular flexibility index (Phi) is 4.46. The summed E-state index contributed by atoms with van der Waals surface area (Å²) in [6.07, 6.45) is 1.58. The van der Waals surface area contributed by atoms with Crippen molar-refractivity contribution in [2.45, 2.75) is 13.0 Å². The minimum Gasteiger partial charge on any atom is -0.355 e. The summed E-state index contributed by atoms with van der Waals surface area (Å²) in [5.41, 5.74) is 0.374. The Labute approximate surface area is 112 Å². The van der Waals surface area contributed by atoms with Gasteiger partial charge in [-0.05, 0) is 19.1 Å². The molecule has 2 amide bonds. The molecule has 2 N–H and O–H groups in total. The molecule has 0 aromatic carbocycles. The summed E-state index contributed by atoms with van der Waals surface area (Å²) >= 11 is 0. The van der Waals surface area contributed by atoms with E-state index in [1.807, 2.05) is 6.92 Å². The molecule has 0 radical (unpaired) electrons. The second-order valence-electron chi connectivity index (χ2n) is 4.33. The Morgan fingerprint density at radius 1 is 1.53 bits per heavy atom. The lowest BCUT2D eigenvalue weighted by Gasteiger charge is -2.34. The number of nitrogens with one attached hydrogen (secondary N) is 2. The quantitative estimate of drug-likeness (QED) is 0.779. The van der Waals surface area contributed by atoms with Crippen LogP contribution in [-0.4, -0.2) is 53.9 Å². The second-order valence-corrected chi connectivity index (χ2v) is 4.33. The molecule has 2 rings (SSSR count). The maximum atomic E-state index is 12.4. The number of hydrogen-bond acceptors (Lipinski definition) is 4. The van der Waals surface area contributed by atoms with Gasteiger partial charge in [0.05, 0.1) is 0 Å². The molecule has 1 unspecified atom stereocenters. The highest BCUT2D eigenvalue weighted by atomic mass is 16.2. The Bertz CT molecular complexity index is 449. The normalized spacial score (nSPS) is 19.0. The second kappa shape index (κ2) is 6.29. The van der Waals surface area contributed by atoms with E-state index >= 15 is 0 Å². The SMILES string of the molecule is CCNC(=O)C1CNCCN1C(=O)c1ccccn1. The van der Waals surface area contributed by atoms with E-state index in [0.717, 1.165) is 0 Å². The smallest absolute Gasteiger partial charge is 0.273 e.